The summed E-state index contributed by atoms with van der Waals surface area (Å²) in [5, 5.41) is 1.06. The number of ether oxygens (including phenoxy) is 2. The quantitative estimate of drug-likeness (QED) is 0.461. The lowest BCUT2D eigenvalue weighted by Crippen LogP contribution is -2.12. The van der Waals surface area contributed by atoms with E-state index in [4.69, 9.17) is 4.74 Å². The van der Waals surface area contributed by atoms with Gasteiger partial charge in [0.1, 0.15) is 5.75 Å². The zero-order chi connectivity index (χ0) is 17.4. The van der Waals surface area contributed by atoms with E-state index in [1.807, 2.05) is 12.1 Å². The van der Waals surface area contributed by atoms with E-state index < -0.39 is 0 Å². The van der Waals surface area contributed by atoms with Gasteiger partial charge in [0, 0.05) is 17.6 Å². The molecule has 0 aliphatic carbocycles. The highest BCUT2D eigenvalue weighted by atomic mass is 16.6. The van der Waals surface area contributed by atoms with Gasteiger partial charge in [-0.2, -0.15) is 0 Å². The van der Waals surface area contributed by atoms with Crippen molar-refractivity contribution in [2.75, 3.05) is 13.7 Å². The van der Waals surface area contributed by atoms with E-state index in [9.17, 15) is 4.79 Å². The third kappa shape index (κ3) is 4.76. The first-order valence-corrected chi connectivity index (χ1v) is 8.95. The van der Waals surface area contributed by atoms with Crippen LogP contribution in [0.4, 0.5) is 0 Å². The van der Waals surface area contributed by atoms with Gasteiger partial charge in [0.2, 0.25) is 0 Å². The molecule has 1 heterocycles. The summed E-state index contributed by atoms with van der Waals surface area (Å²) in [4.78, 5) is 11.3. The molecule has 0 saturated carbocycles. The summed E-state index contributed by atoms with van der Waals surface area (Å²) in [6.07, 6.45) is 7.76. The molecule has 0 bridgehead atoms. The van der Waals surface area contributed by atoms with Crippen molar-refractivity contribution in [2.45, 2.75) is 58.9 Å². The Bertz CT molecular complexity index is 660. The number of rotatable bonds is 10. The number of benzene rings is 1. The number of fused-ring (bicyclic) bond motifs is 1. The second kappa shape index (κ2) is 9.36. The Labute approximate surface area is 144 Å². The van der Waals surface area contributed by atoms with Crippen molar-refractivity contribution in [3.05, 3.63) is 30.0 Å². The van der Waals surface area contributed by atoms with Gasteiger partial charge in [0.25, 0.3) is 0 Å². The number of unbranched alkanes of at least 4 members (excludes halogenated alkanes) is 5. The average molecular weight is 331 g/mol. The van der Waals surface area contributed by atoms with Gasteiger partial charge in [0.15, 0.2) is 6.61 Å². The highest BCUT2D eigenvalue weighted by molar-refractivity contribution is 5.87. The van der Waals surface area contributed by atoms with E-state index in [-0.39, 0.29) is 12.6 Å². The van der Waals surface area contributed by atoms with Crippen molar-refractivity contribution in [1.82, 2.24) is 4.57 Å². The van der Waals surface area contributed by atoms with Crippen LogP contribution in [-0.2, 0) is 16.1 Å². The van der Waals surface area contributed by atoms with Crippen LogP contribution >= 0.6 is 0 Å². The lowest BCUT2D eigenvalue weighted by molar-refractivity contribution is -0.142. The maximum atomic E-state index is 11.3. The molecule has 132 valence electrons. The third-order valence-corrected chi connectivity index (χ3v) is 4.42. The fraction of sp³-hybridized carbons (Fsp3) is 0.550. The summed E-state index contributed by atoms with van der Waals surface area (Å²) in [6.45, 7) is 5.34. The molecule has 0 aliphatic rings. The van der Waals surface area contributed by atoms with Crippen LogP contribution in [-0.4, -0.2) is 24.3 Å². The number of carbonyl (C=O) groups is 1. The van der Waals surface area contributed by atoms with Crippen LogP contribution in [0, 0.1) is 6.92 Å². The molecule has 4 heteroatoms. The smallest absolute Gasteiger partial charge is 0.343 e. The lowest BCUT2D eigenvalue weighted by Gasteiger charge is -2.10. The Morgan fingerprint density at radius 2 is 1.88 bits per heavy atom. The molecule has 0 amide bonds. The van der Waals surface area contributed by atoms with Gasteiger partial charge in [-0.05, 0) is 31.5 Å². The number of nitrogens with zero attached hydrogens (tertiary/aromatic N) is 1. The summed E-state index contributed by atoms with van der Waals surface area (Å²) < 4.78 is 12.6. The predicted octanol–water partition coefficient (Wildman–Crippen LogP) is 4.86. The van der Waals surface area contributed by atoms with Crippen molar-refractivity contribution in [2.24, 2.45) is 0 Å². The van der Waals surface area contributed by atoms with Crippen LogP contribution in [0.1, 0.15) is 51.1 Å². The van der Waals surface area contributed by atoms with Gasteiger partial charge in [0.05, 0.1) is 12.6 Å². The highest BCUT2D eigenvalue weighted by Gasteiger charge is 2.11. The normalized spacial score (nSPS) is 11.0. The van der Waals surface area contributed by atoms with Crippen molar-refractivity contribution < 1.29 is 14.3 Å². The molecule has 4 nitrogen and oxygen atoms in total. The molecule has 0 fully saturated rings. The van der Waals surface area contributed by atoms with Crippen LogP contribution < -0.4 is 4.74 Å². The number of aromatic nitrogens is 1. The minimum Gasteiger partial charge on any atom is -0.481 e. The largest absolute Gasteiger partial charge is 0.481 e. The van der Waals surface area contributed by atoms with Crippen molar-refractivity contribution in [3.8, 4) is 5.75 Å². The van der Waals surface area contributed by atoms with E-state index in [0.29, 0.717) is 0 Å². The molecule has 1 aromatic heterocycles. The van der Waals surface area contributed by atoms with Gasteiger partial charge < -0.3 is 14.0 Å². The third-order valence-electron chi connectivity index (χ3n) is 4.42. The maximum absolute atomic E-state index is 11.3. The predicted molar refractivity (Wildman–Crippen MR) is 97.6 cm³/mol. The molecule has 24 heavy (non-hydrogen) atoms. The van der Waals surface area contributed by atoms with E-state index >= 15 is 0 Å². The molecule has 0 radical (unpaired) electrons. The van der Waals surface area contributed by atoms with Gasteiger partial charge in [-0.25, -0.2) is 4.79 Å². The molecule has 0 saturated heterocycles. The molecule has 0 unspecified atom stereocenters. The Morgan fingerprint density at radius 3 is 2.62 bits per heavy atom. The average Bonchev–Trinajstić information content (AvgIpc) is 2.92. The van der Waals surface area contributed by atoms with Crippen LogP contribution in [0.5, 0.6) is 5.75 Å². The first-order valence-electron chi connectivity index (χ1n) is 8.95. The standard InChI is InChI=1S/C20H29NO3/c1-4-5-6-7-8-9-13-21-16(2)14-17-18(21)11-10-12-19(17)24-15-20(22)23-3/h10-12,14H,4-9,13,15H2,1-3H3. The van der Waals surface area contributed by atoms with Gasteiger partial charge >= 0.3 is 5.97 Å². The highest BCUT2D eigenvalue weighted by Crippen LogP contribution is 2.29. The number of aryl methyl sites for hydroxylation is 2. The van der Waals surface area contributed by atoms with Gasteiger partial charge in [-0.1, -0.05) is 45.1 Å². The molecule has 0 aliphatic heterocycles. The number of methoxy groups -OCH3 is 1. The Hall–Kier alpha value is -1.97. The van der Waals surface area contributed by atoms with Crippen molar-refractivity contribution in [3.63, 3.8) is 0 Å². The molecule has 2 rings (SSSR count). The lowest BCUT2D eigenvalue weighted by atomic mass is 10.1. The number of hydrogen-bond donors (Lipinski definition) is 0. The molecule has 0 N–H and O–H groups in total. The van der Waals surface area contributed by atoms with Crippen LogP contribution in [0.15, 0.2) is 24.3 Å². The van der Waals surface area contributed by atoms with Crippen LogP contribution in [0.3, 0.4) is 0 Å². The fourth-order valence-corrected chi connectivity index (χ4v) is 3.06. The summed E-state index contributed by atoms with van der Waals surface area (Å²) in [5.74, 6) is 0.373. The first kappa shape index (κ1) is 18.4. The Kier molecular flexibility index (Phi) is 7.16. The molecule has 0 atom stereocenters. The maximum Gasteiger partial charge on any atom is 0.343 e. The summed E-state index contributed by atoms with van der Waals surface area (Å²) in [7, 11) is 1.37. The molecular weight excluding hydrogens is 302 g/mol. The summed E-state index contributed by atoms with van der Waals surface area (Å²) >= 11 is 0. The molecular formula is C20H29NO3. The van der Waals surface area contributed by atoms with E-state index in [0.717, 1.165) is 17.7 Å². The molecule has 0 spiro atoms. The number of hydrogen-bond acceptors (Lipinski definition) is 3. The number of esters is 1. The zero-order valence-electron chi connectivity index (χ0n) is 15.1. The Morgan fingerprint density at radius 1 is 1.12 bits per heavy atom. The first-order chi connectivity index (χ1) is 11.7. The summed E-state index contributed by atoms with van der Waals surface area (Å²) in [5.41, 5.74) is 2.40. The minimum atomic E-state index is -0.366. The topological polar surface area (TPSA) is 40.5 Å². The monoisotopic (exact) mass is 331 g/mol. The van der Waals surface area contributed by atoms with Crippen LogP contribution in [0.25, 0.3) is 10.9 Å². The summed E-state index contributed by atoms with van der Waals surface area (Å²) in [6, 6.07) is 8.13. The van der Waals surface area contributed by atoms with Gasteiger partial charge in [-0.15, -0.1) is 0 Å². The molecule has 1 aromatic carbocycles. The zero-order valence-corrected chi connectivity index (χ0v) is 15.1. The molecule has 2 aromatic rings. The minimum absolute atomic E-state index is 0.0583. The fourth-order valence-electron chi connectivity index (χ4n) is 3.06. The van der Waals surface area contributed by atoms with Crippen molar-refractivity contribution >= 4 is 16.9 Å². The van der Waals surface area contributed by atoms with Crippen LogP contribution in [0.2, 0.25) is 0 Å². The van der Waals surface area contributed by atoms with E-state index in [1.54, 1.807) is 0 Å². The van der Waals surface area contributed by atoms with E-state index in [1.165, 1.54) is 56.8 Å². The Balaban J connectivity index is 2.03. The van der Waals surface area contributed by atoms with Crippen molar-refractivity contribution in [1.29, 1.82) is 0 Å². The second-order valence-corrected chi connectivity index (χ2v) is 6.26. The van der Waals surface area contributed by atoms with E-state index in [2.05, 4.69) is 35.3 Å². The van der Waals surface area contributed by atoms with Gasteiger partial charge in [-0.3, -0.25) is 0 Å². The second-order valence-electron chi connectivity index (χ2n) is 6.26. The number of carbonyl (C=O) groups excluding carboxylic acids is 1. The SMILES string of the molecule is CCCCCCCCn1c(C)cc2c(OCC(=O)OC)cccc21.